The van der Waals surface area contributed by atoms with Crippen molar-refractivity contribution in [3.05, 3.63) is 27.7 Å². The Morgan fingerprint density at radius 3 is 2.71 bits per heavy atom. The molecule has 2 rings (SSSR count). The highest BCUT2D eigenvalue weighted by atomic mass is 32.1. The first-order valence-electron chi connectivity index (χ1n) is 6.88. The average molecular weight is 307 g/mol. The quantitative estimate of drug-likeness (QED) is 0.640. The fourth-order valence-electron chi connectivity index (χ4n) is 1.72. The van der Waals surface area contributed by atoms with Gasteiger partial charge in [-0.3, -0.25) is 0 Å². The fraction of sp³-hybridized carbons (Fsp3) is 0.538. The van der Waals surface area contributed by atoms with Crippen LogP contribution in [-0.4, -0.2) is 32.3 Å². The largest absolute Gasteiger partial charge is 0.357 e. The molecule has 7 nitrogen and oxygen atoms in total. The number of aromatic nitrogens is 4. The third-order valence-electron chi connectivity index (χ3n) is 2.98. The van der Waals surface area contributed by atoms with E-state index in [1.165, 1.54) is 4.88 Å². The zero-order valence-electron chi connectivity index (χ0n) is 12.8. The molecule has 2 N–H and O–H groups in total. The van der Waals surface area contributed by atoms with Crippen LogP contribution in [0.2, 0.25) is 0 Å². The van der Waals surface area contributed by atoms with E-state index in [0.717, 1.165) is 29.2 Å². The first-order chi connectivity index (χ1) is 10.1. The van der Waals surface area contributed by atoms with Crippen LogP contribution in [0.5, 0.6) is 0 Å². The molecule has 8 heteroatoms. The van der Waals surface area contributed by atoms with Gasteiger partial charge in [-0.2, -0.15) is 0 Å². The molecule has 0 bridgehead atoms. The van der Waals surface area contributed by atoms with Gasteiger partial charge in [-0.1, -0.05) is 0 Å². The van der Waals surface area contributed by atoms with Gasteiger partial charge in [0.2, 0.25) is 0 Å². The van der Waals surface area contributed by atoms with Crippen molar-refractivity contribution in [2.75, 3.05) is 6.54 Å². The van der Waals surface area contributed by atoms with Crippen molar-refractivity contribution in [3.63, 3.8) is 0 Å². The molecule has 2 aromatic heterocycles. The van der Waals surface area contributed by atoms with Gasteiger partial charge in [-0.25, -0.2) is 9.98 Å². The summed E-state index contributed by atoms with van der Waals surface area (Å²) in [4.78, 5) is 10.1. The lowest BCUT2D eigenvalue weighted by molar-refractivity contribution is 0.755. The predicted molar refractivity (Wildman–Crippen MR) is 84.2 cm³/mol. The molecule has 114 valence electrons. The summed E-state index contributed by atoms with van der Waals surface area (Å²) in [6.45, 7) is 7.98. The maximum atomic E-state index is 4.53. The highest BCUT2D eigenvalue weighted by molar-refractivity contribution is 7.11. The Morgan fingerprint density at radius 1 is 1.33 bits per heavy atom. The molecule has 21 heavy (non-hydrogen) atoms. The molecule has 0 aliphatic rings. The topological polar surface area (TPSA) is 80.0 Å². The van der Waals surface area contributed by atoms with E-state index in [1.54, 1.807) is 11.3 Å². The van der Waals surface area contributed by atoms with Crippen LogP contribution in [0.4, 0.5) is 0 Å². The molecule has 2 heterocycles. The number of aryl methyl sites for hydroxylation is 2. The summed E-state index contributed by atoms with van der Waals surface area (Å²) < 4.78 is 1.94. The Bertz CT molecular complexity index is 614. The van der Waals surface area contributed by atoms with Crippen LogP contribution in [0.1, 0.15) is 28.5 Å². The summed E-state index contributed by atoms with van der Waals surface area (Å²) >= 11 is 1.69. The number of nitrogens with zero attached hydrogens (tertiary/aromatic N) is 5. The maximum absolute atomic E-state index is 4.53. The minimum absolute atomic E-state index is 0.490. The molecule has 0 radical (unpaired) electrons. The number of hydrogen-bond donors (Lipinski definition) is 2. The van der Waals surface area contributed by atoms with E-state index < -0.39 is 0 Å². The molecule has 0 fully saturated rings. The van der Waals surface area contributed by atoms with E-state index >= 15 is 0 Å². The van der Waals surface area contributed by atoms with Gasteiger partial charge < -0.3 is 15.2 Å². The molecule has 0 amide bonds. The van der Waals surface area contributed by atoms with Crippen molar-refractivity contribution >= 4 is 17.3 Å². The van der Waals surface area contributed by atoms with Crippen molar-refractivity contribution in [2.24, 2.45) is 12.0 Å². The summed E-state index contributed by atoms with van der Waals surface area (Å²) in [6, 6.07) is 0. The van der Waals surface area contributed by atoms with E-state index in [-0.39, 0.29) is 0 Å². The summed E-state index contributed by atoms with van der Waals surface area (Å²) in [5.74, 6) is 2.48. The summed E-state index contributed by atoms with van der Waals surface area (Å²) in [5.41, 5.74) is 0. The number of aliphatic imine (C=N–C) groups is 1. The van der Waals surface area contributed by atoms with E-state index in [1.807, 2.05) is 31.7 Å². The lowest BCUT2D eigenvalue weighted by Crippen LogP contribution is -2.36. The Labute approximate surface area is 128 Å². The lowest BCUT2D eigenvalue weighted by Gasteiger charge is -2.09. The minimum Gasteiger partial charge on any atom is -0.357 e. The Hall–Kier alpha value is -1.96. The van der Waals surface area contributed by atoms with Crippen LogP contribution in [-0.2, 0) is 20.1 Å². The van der Waals surface area contributed by atoms with E-state index in [4.69, 9.17) is 0 Å². The number of thiazole rings is 1. The zero-order chi connectivity index (χ0) is 15.2. The Kier molecular flexibility index (Phi) is 5.26. The van der Waals surface area contributed by atoms with Crippen LogP contribution in [0.25, 0.3) is 0 Å². The molecule has 2 aromatic rings. The molecule has 0 saturated carbocycles. The summed E-state index contributed by atoms with van der Waals surface area (Å²) in [5, 5.41) is 15.7. The average Bonchev–Trinajstić information content (AvgIpc) is 3.01. The predicted octanol–water partition coefficient (Wildman–Crippen LogP) is 1.14. The number of guanidine groups is 1. The first kappa shape index (κ1) is 15.4. The lowest BCUT2D eigenvalue weighted by atomic mass is 10.5. The van der Waals surface area contributed by atoms with Crippen LogP contribution in [0.3, 0.4) is 0 Å². The van der Waals surface area contributed by atoms with Crippen molar-refractivity contribution in [1.29, 1.82) is 0 Å². The van der Waals surface area contributed by atoms with Crippen LogP contribution in [0.15, 0.2) is 11.2 Å². The third-order valence-corrected chi connectivity index (χ3v) is 3.89. The smallest absolute Gasteiger partial charge is 0.192 e. The molecule has 0 spiro atoms. The van der Waals surface area contributed by atoms with E-state index in [2.05, 4.69) is 37.7 Å². The molecule has 0 aliphatic carbocycles. The van der Waals surface area contributed by atoms with Crippen LogP contribution in [0, 0.1) is 13.8 Å². The number of nitrogens with one attached hydrogen (secondary N) is 2. The maximum Gasteiger partial charge on any atom is 0.192 e. The molecule has 0 unspecified atom stereocenters. The van der Waals surface area contributed by atoms with Crippen molar-refractivity contribution in [1.82, 2.24) is 30.4 Å². The summed E-state index contributed by atoms with van der Waals surface area (Å²) in [7, 11) is 1.94. The normalized spacial score (nSPS) is 11.7. The van der Waals surface area contributed by atoms with Crippen molar-refractivity contribution < 1.29 is 0 Å². The third kappa shape index (κ3) is 4.25. The van der Waals surface area contributed by atoms with E-state index in [0.29, 0.717) is 13.1 Å². The van der Waals surface area contributed by atoms with Crippen LogP contribution >= 0.6 is 11.3 Å². The standard InChI is InChI=1S/C13H21N7S/c1-5-14-13(17-8-12-15-6-9(2)21-12)16-7-11-19-18-10(3)20(11)4/h6H,5,7-8H2,1-4H3,(H2,14,16,17). The van der Waals surface area contributed by atoms with Gasteiger partial charge in [-0.15, -0.1) is 21.5 Å². The Morgan fingerprint density at radius 2 is 2.14 bits per heavy atom. The zero-order valence-corrected chi connectivity index (χ0v) is 13.7. The van der Waals surface area contributed by atoms with Crippen molar-refractivity contribution in [3.8, 4) is 0 Å². The highest BCUT2D eigenvalue weighted by Crippen LogP contribution is 2.10. The molecule has 0 saturated heterocycles. The van der Waals surface area contributed by atoms with Gasteiger partial charge in [0, 0.05) is 24.7 Å². The number of rotatable bonds is 5. The second kappa shape index (κ2) is 7.16. The van der Waals surface area contributed by atoms with E-state index in [9.17, 15) is 0 Å². The molecule has 0 atom stereocenters. The SMILES string of the molecule is CCNC(=NCc1nnc(C)n1C)NCc1ncc(C)s1. The molecular formula is C13H21N7S. The Balaban J connectivity index is 1.97. The second-order valence-corrected chi connectivity index (χ2v) is 5.96. The van der Waals surface area contributed by atoms with Gasteiger partial charge in [-0.05, 0) is 20.8 Å². The molecule has 0 aliphatic heterocycles. The van der Waals surface area contributed by atoms with Gasteiger partial charge in [0.25, 0.3) is 0 Å². The first-order valence-corrected chi connectivity index (χ1v) is 7.70. The fourth-order valence-corrected chi connectivity index (χ4v) is 2.45. The monoisotopic (exact) mass is 307 g/mol. The van der Waals surface area contributed by atoms with Gasteiger partial charge in [0.15, 0.2) is 11.8 Å². The number of hydrogen-bond acceptors (Lipinski definition) is 5. The van der Waals surface area contributed by atoms with Crippen molar-refractivity contribution in [2.45, 2.75) is 33.9 Å². The summed E-state index contributed by atoms with van der Waals surface area (Å²) in [6.07, 6.45) is 1.88. The van der Waals surface area contributed by atoms with Gasteiger partial charge >= 0.3 is 0 Å². The molecular weight excluding hydrogens is 286 g/mol. The van der Waals surface area contributed by atoms with Gasteiger partial charge in [0.05, 0.1) is 6.54 Å². The highest BCUT2D eigenvalue weighted by Gasteiger charge is 2.05. The molecule has 0 aromatic carbocycles. The van der Waals surface area contributed by atoms with Crippen LogP contribution < -0.4 is 10.6 Å². The van der Waals surface area contributed by atoms with Gasteiger partial charge in [0.1, 0.15) is 17.4 Å². The second-order valence-electron chi connectivity index (χ2n) is 4.64. The minimum atomic E-state index is 0.490.